The molecule has 0 aromatic heterocycles. The lowest BCUT2D eigenvalue weighted by Crippen LogP contribution is -2.23. The SMILES string of the molecule is c1ccc(-c2ccc(-c3ccc(N(c4ccc(-c5ccc(-c6ccccc6)cc5)cc4)c4ccc(-c5cccc(N6c7ccccc7N(c7ccccc7)c7ccccc76)c5)cc4)cc3)cc2)cc1. The van der Waals surface area contributed by atoms with Crippen molar-refractivity contribution >= 4 is 51.2 Å². The number of anilines is 9. The molecule has 0 atom stereocenters. The maximum Gasteiger partial charge on any atom is 0.0703 e. The summed E-state index contributed by atoms with van der Waals surface area (Å²) in [6.07, 6.45) is 0. The summed E-state index contributed by atoms with van der Waals surface area (Å²) in [6, 6.07) is 103. The van der Waals surface area contributed by atoms with Crippen LogP contribution in [0.15, 0.2) is 285 Å². The van der Waals surface area contributed by atoms with Crippen LogP contribution in [0, 0.1) is 0 Å². The van der Waals surface area contributed by atoms with Crippen LogP contribution in [-0.2, 0) is 0 Å². The van der Waals surface area contributed by atoms with Gasteiger partial charge in [-0.3, -0.25) is 0 Å². The minimum absolute atomic E-state index is 1.08. The molecular weight excluding hydrogens is 835 g/mol. The summed E-state index contributed by atoms with van der Waals surface area (Å²) in [4.78, 5) is 7.11. The van der Waals surface area contributed by atoms with E-state index < -0.39 is 0 Å². The predicted molar refractivity (Wildman–Crippen MR) is 291 cm³/mol. The lowest BCUT2D eigenvalue weighted by Gasteiger charge is -2.40. The molecule has 69 heavy (non-hydrogen) atoms. The quantitative estimate of drug-likeness (QED) is 0.135. The van der Waals surface area contributed by atoms with Crippen LogP contribution in [-0.4, -0.2) is 0 Å². The van der Waals surface area contributed by atoms with Gasteiger partial charge in [0.15, 0.2) is 0 Å². The summed E-state index contributed by atoms with van der Waals surface area (Å²) in [5, 5.41) is 0. The van der Waals surface area contributed by atoms with Gasteiger partial charge >= 0.3 is 0 Å². The van der Waals surface area contributed by atoms with E-state index in [1.165, 1.54) is 44.5 Å². The number of benzene rings is 11. The number of hydrogen-bond acceptors (Lipinski definition) is 3. The first-order chi connectivity index (χ1) is 34.2. The van der Waals surface area contributed by atoms with Crippen LogP contribution in [0.2, 0.25) is 0 Å². The molecule has 0 radical (unpaired) electrons. The molecule has 0 spiro atoms. The monoisotopic (exact) mass is 881 g/mol. The summed E-state index contributed by atoms with van der Waals surface area (Å²) < 4.78 is 0. The number of nitrogens with zero attached hydrogens (tertiary/aromatic N) is 3. The van der Waals surface area contributed by atoms with E-state index in [4.69, 9.17) is 0 Å². The Kier molecular flexibility index (Phi) is 10.9. The summed E-state index contributed by atoms with van der Waals surface area (Å²) in [6.45, 7) is 0. The van der Waals surface area contributed by atoms with Crippen molar-refractivity contribution < 1.29 is 0 Å². The fraction of sp³-hybridized carbons (Fsp3) is 0. The molecule has 12 rings (SSSR count). The van der Waals surface area contributed by atoms with Crippen molar-refractivity contribution in [1.29, 1.82) is 0 Å². The van der Waals surface area contributed by atoms with E-state index in [1.54, 1.807) is 0 Å². The van der Waals surface area contributed by atoms with Gasteiger partial charge in [-0.05, 0) is 141 Å². The first-order valence-corrected chi connectivity index (χ1v) is 23.6. The van der Waals surface area contributed by atoms with Gasteiger partial charge in [-0.2, -0.15) is 0 Å². The largest absolute Gasteiger partial charge is 0.311 e. The molecule has 0 saturated heterocycles. The van der Waals surface area contributed by atoms with Crippen LogP contribution in [0.3, 0.4) is 0 Å². The minimum Gasteiger partial charge on any atom is -0.311 e. The highest BCUT2D eigenvalue weighted by Gasteiger charge is 2.30. The molecule has 0 bridgehead atoms. The van der Waals surface area contributed by atoms with Crippen LogP contribution in [0.4, 0.5) is 51.2 Å². The Bertz CT molecular complexity index is 3320. The molecule has 0 aliphatic carbocycles. The fourth-order valence-electron chi connectivity index (χ4n) is 9.73. The Morgan fingerprint density at radius 2 is 0.435 bits per heavy atom. The summed E-state index contributed by atoms with van der Waals surface area (Å²) in [7, 11) is 0. The standard InChI is InChI=1S/C66H47N3/c1-4-15-48(16-5-1)50-27-31-52(32-28-50)54-35-41-59(42-36-54)67(60-43-37-55(38-44-60)53-33-29-51(30-34-53)49-17-6-2-7-18-49)61-45-39-56(40-46-61)57-19-14-22-62(47-57)69-65-25-12-10-23-63(65)68(58-20-8-3-9-21-58)64-24-11-13-26-66(64)69/h1-47H. The highest BCUT2D eigenvalue weighted by molar-refractivity contribution is 6.01. The summed E-state index contributed by atoms with van der Waals surface area (Å²) in [5.41, 5.74) is 21.9. The molecule has 0 amide bonds. The van der Waals surface area contributed by atoms with Gasteiger partial charge in [0.25, 0.3) is 0 Å². The van der Waals surface area contributed by atoms with E-state index in [-0.39, 0.29) is 0 Å². The van der Waals surface area contributed by atoms with Crippen LogP contribution in [0.1, 0.15) is 0 Å². The molecule has 0 N–H and O–H groups in total. The van der Waals surface area contributed by atoms with Gasteiger partial charge in [-0.1, -0.05) is 200 Å². The third-order valence-corrected chi connectivity index (χ3v) is 13.2. The van der Waals surface area contributed by atoms with Crippen LogP contribution in [0.5, 0.6) is 0 Å². The van der Waals surface area contributed by atoms with Crippen LogP contribution < -0.4 is 14.7 Å². The molecular formula is C66H47N3. The molecule has 326 valence electrons. The van der Waals surface area contributed by atoms with Crippen molar-refractivity contribution in [3.63, 3.8) is 0 Å². The van der Waals surface area contributed by atoms with E-state index in [0.29, 0.717) is 0 Å². The third kappa shape index (κ3) is 8.13. The van der Waals surface area contributed by atoms with Gasteiger partial charge in [-0.15, -0.1) is 0 Å². The van der Waals surface area contributed by atoms with Gasteiger partial charge in [0.1, 0.15) is 0 Å². The van der Waals surface area contributed by atoms with Gasteiger partial charge in [0.2, 0.25) is 0 Å². The highest BCUT2D eigenvalue weighted by Crippen LogP contribution is 2.54. The average Bonchev–Trinajstić information content (AvgIpc) is 3.44. The van der Waals surface area contributed by atoms with Crippen molar-refractivity contribution in [2.75, 3.05) is 14.7 Å². The van der Waals surface area contributed by atoms with Crippen molar-refractivity contribution in [1.82, 2.24) is 0 Å². The van der Waals surface area contributed by atoms with E-state index in [2.05, 4.69) is 300 Å². The van der Waals surface area contributed by atoms with Crippen molar-refractivity contribution in [3.8, 4) is 55.6 Å². The topological polar surface area (TPSA) is 9.72 Å². The molecule has 3 nitrogen and oxygen atoms in total. The van der Waals surface area contributed by atoms with Crippen molar-refractivity contribution in [3.05, 3.63) is 285 Å². The minimum atomic E-state index is 1.08. The van der Waals surface area contributed by atoms with Gasteiger partial charge < -0.3 is 14.7 Å². The van der Waals surface area contributed by atoms with Gasteiger partial charge in [-0.25, -0.2) is 0 Å². The molecule has 0 unspecified atom stereocenters. The Morgan fingerprint density at radius 3 is 0.797 bits per heavy atom. The van der Waals surface area contributed by atoms with Crippen LogP contribution >= 0.6 is 0 Å². The van der Waals surface area contributed by atoms with E-state index >= 15 is 0 Å². The molecule has 1 aliphatic heterocycles. The predicted octanol–water partition coefficient (Wildman–Crippen LogP) is 18.7. The number of para-hydroxylation sites is 5. The maximum absolute atomic E-state index is 2.40. The number of rotatable bonds is 10. The lowest BCUT2D eigenvalue weighted by molar-refractivity contribution is 1.17. The first-order valence-electron chi connectivity index (χ1n) is 23.6. The van der Waals surface area contributed by atoms with Crippen molar-refractivity contribution in [2.45, 2.75) is 0 Å². The first kappa shape index (κ1) is 41.3. The van der Waals surface area contributed by atoms with Gasteiger partial charge in [0.05, 0.1) is 22.7 Å². The van der Waals surface area contributed by atoms with Gasteiger partial charge in [0, 0.05) is 28.4 Å². The molecule has 1 aliphatic rings. The van der Waals surface area contributed by atoms with E-state index in [1.807, 2.05) is 0 Å². The van der Waals surface area contributed by atoms with Crippen molar-refractivity contribution in [2.24, 2.45) is 0 Å². The third-order valence-electron chi connectivity index (χ3n) is 13.2. The zero-order valence-corrected chi connectivity index (χ0v) is 38.0. The van der Waals surface area contributed by atoms with E-state index in [0.717, 1.165) is 62.3 Å². The Labute approximate surface area is 404 Å². The molecule has 3 heteroatoms. The molecule has 11 aromatic carbocycles. The molecule has 0 saturated carbocycles. The second kappa shape index (κ2) is 18.2. The molecule has 0 fully saturated rings. The Hall–Kier alpha value is -9.18. The number of fused-ring (bicyclic) bond motifs is 2. The highest BCUT2D eigenvalue weighted by atomic mass is 15.3. The molecule has 11 aromatic rings. The van der Waals surface area contributed by atoms with E-state index in [9.17, 15) is 0 Å². The second-order valence-electron chi connectivity index (χ2n) is 17.4. The average molecular weight is 882 g/mol. The normalized spacial score (nSPS) is 11.7. The lowest BCUT2D eigenvalue weighted by atomic mass is 9.99. The second-order valence-corrected chi connectivity index (χ2v) is 17.4. The maximum atomic E-state index is 2.40. The fourth-order valence-corrected chi connectivity index (χ4v) is 9.73. The molecule has 1 heterocycles. The Balaban J connectivity index is 0.874. The smallest absolute Gasteiger partial charge is 0.0703 e. The van der Waals surface area contributed by atoms with Crippen LogP contribution in [0.25, 0.3) is 55.6 Å². The number of hydrogen-bond donors (Lipinski definition) is 0. The summed E-state index contributed by atoms with van der Waals surface area (Å²) >= 11 is 0. The zero-order valence-electron chi connectivity index (χ0n) is 38.0. The Morgan fingerprint density at radius 1 is 0.188 bits per heavy atom. The summed E-state index contributed by atoms with van der Waals surface area (Å²) in [5.74, 6) is 0. The zero-order chi connectivity index (χ0) is 45.9.